The van der Waals surface area contributed by atoms with Gasteiger partial charge >= 0.3 is 0 Å². The van der Waals surface area contributed by atoms with Gasteiger partial charge in [0.1, 0.15) is 5.60 Å². The summed E-state index contributed by atoms with van der Waals surface area (Å²) in [5.41, 5.74) is 5.80. The second-order valence-corrected chi connectivity index (χ2v) is 11.0. The van der Waals surface area contributed by atoms with Gasteiger partial charge in [-0.15, -0.1) is 0 Å². The van der Waals surface area contributed by atoms with Crippen LogP contribution in [0.1, 0.15) is 47.8 Å². The van der Waals surface area contributed by atoms with Gasteiger partial charge in [0.15, 0.2) is 17.6 Å². The molecule has 2 aromatic carbocycles. The molecule has 1 aromatic heterocycles. The first-order valence-electron chi connectivity index (χ1n) is 12.5. The van der Waals surface area contributed by atoms with Gasteiger partial charge in [-0.1, -0.05) is 24.3 Å². The fourth-order valence-corrected chi connectivity index (χ4v) is 8.29. The van der Waals surface area contributed by atoms with Gasteiger partial charge in [-0.2, -0.15) is 0 Å². The molecule has 3 heterocycles. The SMILES string of the molecule is CO[C@@]12Cc3c(n(C)c4ccccc34)[C@@H]3Oc4c(O)ccc5c4[C@@]31CCN(CC1CC1)[C@@H]2C5. The number of hydrogen-bond acceptors (Lipinski definition) is 4. The Bertz CT molecular complexity index is 1340. The number of likely N-dealkylation sites (tertiary alicyclic amines) is 1. The zero-order valence-corrected chi connectivity index (χ0v) is 19.3. The Morgan fingerprint density at radius 3 is 2.85 bits per heavy atom. The number of aryl methyl sites for hydroxylation is 1. The van der Waals surface area contributed by atoms with Crippen LogP contribution < -0.4 is 4.74 Å². The molecule has 170 valence electrons. The van der Waals surface area contributed by atoms with Crippen LogP contribution in [0.25, 0.3) is 10.9 Å². The number of phenolic OH excluding ortho intramolecular Hbond substituents is 1. The molecule has 8 rings (SSSR count). The average Bonchev–Trinajstić information content (AvgIpc) is 3.52. The van der Waals surface area contributed by atoms with Crippen LogP contribution in [0, 0.1) is 5.92 Å². The van der Waals surface area contributed by atoms with Crippen molar-refractivity contribution in [3.8, 4) is 11.5 Å². The lowest BCUT2D eigenvalue weighted by molar-refractivity contribution is -0.191. The summed E-state index contributed by atoms with van der Waals surface area (Å²) in [5, 5.41) is 12.2. The van der Waals surface area contributed by atoms with Gasteiger partial charge in [-0.25, -0.2) is 0 Å². The van der Waals surface area contributed by atoms with Gasteiger partial charge in [0.25, 0.3) is 0 Å². The Hall–Kier alpha value is -2.50. The largest absolute Gasteiger partial charge is 0.504 e. The molecular weight excluding hydrogens is 412 g/mol. The van der Waals surface area contributed by atoms with Gasteiger partial charge in [0.2, 0.25) is 0 Å². The van der Waals surface area contributed by atoms with Gasteiger partial charge in [-0.3, -0.25) is 4.90 Å². The number of hydrogen-bond donors (Lipinski definition) is 1. The van der Waals surface area contributed by atoms with E-state index in [1.54, 1.807) is 0 Å². The number of aromatic hydroxyl groups is 1. The van der Waals surface area contributed by atoms with Crippen molar-refractivity contribution in [2.45, 2.75) is 55.3 Å². The lowest BCUT2D eigenvalue weighted by Crippen LogP contribution is -2.75. The Kier molecular flexibility index (Phi) is 3.40. The van der Waals surface area contributed by atoms with Gasteiger partial charge in [-0.05, 0) is 61.4 Å². The van der Waals surface area contributed by atoms with Crippen LogP contribution in [-0.4, -0.2) is 46.4 Å². The van der Waals surface area contributed by atoms with Crippen molar-refractivity contribution in [3.05, 3.63) is 58.8 Å². The Morgan fingerprint density at radius 1 is 1.18 bits per heavy atom. The first-order chi connectivity index (χ1) is 16.1. The van der Waals surface area contributed by atoms with Crippen LogP contribution in [0.2, 0.25) is 0 Å². The number of aromatic nitrogens is 1. The van der Waals surface area contributed by atoms with Crippen molar-refractivity contribution >= 4 is 10.9 Å². The average molecular weight is 443 g/mol. The van der Waals surface area contributed by atoms with E-state index < -0.39 is 0 Å². The number of para-hydroxylation sites is 1. The highest BCUT2D eigenvalue weighted by Crippen LogP contribution is 2.70. The van der Waals surface area contributed by atoms with Crippen molar-refractivity contribution in [1.29, 1.82) is 0 Å². The van der Waals surface area contributed by atoms with Crippen LogP contribution in [0.3, 0.4) is 0 Å². The van der Waals surface area contributed by atoms with E-state index in [1.807, 2.05) is 13.2 Å². The summed E-state index contributed by atoms with van der Waals surface area (Å²) in [5.74, 6) is 1.81. The number of methoxy groups -OCH3 is 1. The van der Waals surface area contributed by atoms with Crippen molar-refractivity contribution < 1.29 is 14.6 Å². The molecular formula is C28H30N2O3. The molecule has 4 atom stereocenters. The van der Waals surface area contributed by atoms with E-state index in [0.717, 1.165) is 31.7 Å². The number of nitrogens with zero attached hydrogens (tertiary/aromatic N) is 2. The molecule has 5 heteroatoms. The van der Waals surface area contributed by atoms with E-state index in [9.17, 15) is 5.11 Å². The van der Waals surface area contributed by atoms with Crippen molar-refractivity contribution in [2.24, 2.45) is 13.0 Å². The van der Waals surface area contributed by atoms with E-state index in [1.165, 1.54) is 52.7 Å². The van der Waals surface area contributed by atoms with E-state index in [0.29, 0.717) is 11.8 Å². The van der Waals surface area contributed by atoms with Crippen molar-refractivity contribution in [1.82, 2.24) is 9.47 Å². The van der Waals surface area contributed by atoms with E-state index in [2.05, 4.69) is 46.8 Å². The molecule has 5 nitrogen and oxygen atoms in total. The molecule has 2 bridgehead atoms. The quantitative estimate of drug-likeness (QED) is 0.659. The third-order valence-electron chi connectivity index (χ3n) is 9.80. The number of rotatable bonds is 3. The summed E-state index contributed by atoms with van der Waals surface area (Å²) in [6.45, 7) is 2.25. The Labute approximate surface area is 193 Å². The summed E-state index contributed by atoms with van der Waals surface area (Å²) in [6.07, 6.45) is 5.43. The molecule has 2 fully saturated rings. The predicted octanol–water partition coefficient (Wildman–Crippen LogP) is 4.24. The zero-order valence-electron chi connectivity index (χ0n) is 19.3. The third kappa shape index (κ3) is 2.00. The minimum Gasteiger partial charge on any atom is -0.504 e. The summed E-state index contributed by atoms with van der Waals surface area (Å²) in [4.78, 5) is 2.74. The highest BCUT2D eigenvalue weighted by Gasteiger charge is 2.74. The maximum absolute atomic E-state index is 10.9. The molecule has 1 spiro atoms. The lowest BCUT2D eigenvalue weighted by Gasteiger charge is -2.64. The van der Waals surface area contributed by atoms with E-state index in [4.69, 9.17) is 9.47 Å². The highest BCUT2D eigenvalue weighted by atomic mass is 16.5. The topological polar surface area (TPSA) is 46.9 Å². The summed E-state index contributed by atoms with van der Waals surface area (Å²) in [6, 6.07) is 13.0. The zero-order chi connectivity index (χ0) is 22.1. The van der Waals surface area contributed by atoms with Crippen LogP contribution in [0.4, 0.5) is 0 Å². The van der Waals surface area contributed by atoms with E-state index in [-0.39, 0.29) is 22.9 Å². The molecule has 3 aliphatic carbocycles. The van der Waals surface area contributed by atoms with Crippen molar-refractivity contribution in [2.75, 3.05) is 20.2 Å². The second kappa shape index (κ2) is 5.94. The number of fused-ring (bicyclic) bond motifs is 4. The molecule has 0 unspecified atom stereocenters. The minimum atomic E-state index is -0.367. The standard InChI is InChI=1S/C28H30N2O3/c1-29-20-6-4-3-5-18(20)19-14-28(32-2)22-13-17-9-10-21(31)25-23(17)27(28,26(33-25)24(19)29)11-12-30(22)15-16-7-8-16/h3-6,9-10,16,22,26,31H,7-8,11-15H2,1-2H3/t22-,26+,27+,28-/m1/s1. The van der Waals surface area contributed by atoms with Gasteiger partial charge in [0.05, 0.1) is 11.1 Å². The molecule has 33 heavy (non-hydrogen) atoms. The smallest absolute Gasteiger partial charge is 0.166 e. The lowest BCUT2D eigenvalue weighted by atomic mass is 9.48. The van der Waals surface area contributed by atoms with Crippen LogP contribution in [0.5, 0.6) is 11.5 Å². The van der Waals surface area contributed by atoms with Crippen LogP contribution in [0.15, 0.2) is 36.4 Å². The molecule has 1 saturated heterocycles. The molecule has 5 aliphatic rings. The summed E-state index contributed by atoms with van der Waals surface area (Å²) >= 11 is 0. The maximum Gasteiger partial charge on any atom is 0.166 e. The van der Waals surface area contributed by atoms with Gasteiger partial charge in [0, 0.05) is 49.6 Å². The number of piperidine rings is 1. The van der Waals surface area contributed by atoms with Crippen molar-refractivity contribution in [3.63, 3.8) is 0 Å². The first-order valence-corrected chi connectivity index (χ1v) is 12.5. The molecule has 3 aromatic rings. The fraction of sp³-hybridized carbons (Fsp3) is 0.500. The highest BCUT2D eigenvalue weighted by molar-refractivity contribution is 5.87. The molecule has 0 amide bonds. The summed E-state index contributed by atoms with van der Waals surface area (Å²) < 4.78 is 15.9. The monoisotopic (exact) mass is 442 g/mol. The maximum atomic E-state index is 10.9. The second-order valence-electron chi connectivity index (χ2n) is 11.0. The molecule has 1 N–H and O–H groups in total. The minimum absolute atomic E-state index is 0.147. The first kappa shape index (κ1) is 18.9. The van der Waals surface area contributed by atoms with Crippen LogP contribution in [-0.2, 0) is 30.0 Å². The molecule has 0 radical (unpaired) electrons. The van der Waals surface area contributed by atoms with Crippen LogP contribution >= 0.6 is 0 Å². The number of benzene rings is 2. The molecule has 2 aliphatic heterocycles. The normalized spacial score (nSPS) is 33.6. The number of phenols is 1. The number of ether oxygens (including phenoxy) is 2. The predicted molar refractivity (Wildman–Crippen MR) is 126 cm³/mol. The Balaban J connectivity index is 1.46. The summed E-state index contributed by atoms with van der Waals surface area (Å²) in [7, 11) is 4.10. The fourth-order valence-electron chi connectivity index (χ4n) is 8.29. The van der Waals surface area contributed by atoms with Gasteiger partial charge < -0.3 is 19.1 Å². The third-order valence-corrected chi connectivity index (χ3v) is 9.80. The van der Waals surface area contributed by atoms with E-state index >= 15 is 0 Å². The Morgan fingerprint density at radius 2 is 2.03 bits per heavy atom. The molecule has 1 saturated carbocycles.